The number of halogens is 1. The molecule has 180 valence electrons. The van der Waals surface area contributed by atoms with E-state index in [1.165, 1.54) is 6.42 Å². The Labute approximate surface area is 203 Å². The number of hydrogen-bond acceptors (Lipinski definition) is 5. The van der Waals surface area contributed by atoms with Crippen LogP contribution < -0.4 is 9.64 Å². The number of unbranched alkanes of at least 4 members (excludes halogenated alkanes) is 2. The summed E-state index contributed by atoms with van der Waals surface area (Å²) in [4.78, 5) is 20.4. The second kappa shape index (κ2) is 12.8. The van der Waals surface area contributed by atoms with Gasteiger partial charge in [0, 0.05) is 63.7 Å². The molecule has 1 aliphatic heterocycles. The van der Waals surface area contributed by atoms with Gasteiger partial charge in [0.1, 0.15) is 5.75 Å². The van der Waals surface area contributed by atoms with Crippen LogP contribution in [-0.2, 0) is 4.79 Å². The highest BCUT2D eigenvalue weighted by atomic mass is 35.5. The standard InChI is InChI=1S/C26H37ClN4O2/c1-28(2)26(32)21-31-18-16-30(17-19-31)15-5-4-6-20-33-25-13-11-24(12-14-25)29(3)23-9-7-22(27)8-10-23/h7-14H,4-6,15-21H2,1-3H3. The average molecular weight is 473 g/mol. The quantitative estimate of drug-likeness (QED) is 0.454. The minimum absolute atomic E-state index is 0.187. The summed E-state index contributed by atoms with van der Waals surface area (Å²) >= 11 is 5.98. The van der Waals surface area contributed by atoms with Gasteiger partial charge in [0.05, 0.1) is 13.2 Å². The van der Waals surface area contributed by atoms with E-state index in [0.29, 0.717) is 6.54 Å². The lowest BCUT2D eigenvalue weighted by Crippen LogP contribution is -2.49. The molecule has 3 rings (SSSR count). The summed E-state index contributed by atoms with van der Waals surface area (Å²) in [5.41, 5.74) is 2.20. The molecule has 1 heterocycles. The van der Waals surface area contributed by atoms with Gasteiger partial charge < -0.3 is 19.4 Å². The van der Waals surface area contributed by atoms with Crippen molar-refractivity contribution in [1.29, 1.82) is 0 Å². The Morgan fingerprint density at radius 3 is 2.03 bits per heavy atom. The molecule has 7 heteroatoms. The molecule has 33 heavy (non-hydrogen) atoms. The van der Waals surface area contributed by atoms with E-state index in [1.54, 1.807) is 4.90 Å². The number of benzene rings is 2. The molecule has 6 nitrogen and oxygen atoms in total. The van der Waals surface area contributed by atoms with Gasteiger partial charge in [0.2, 0.25) is 5.91 Å². The van der Waals surface area contributed by atoms with E-state index >= 15 is 0 Å². The van der Waals surface area contributed by atoms with E-state index < -0.39 is 0 Å². The van der Waals surface area contributed by atoms with Crippen molar-refractivity contribution in [2.75, 3.05) is 71.9 Å². The fourth-order valence-electron chi connectivity index (χ4n) is 3.89. The van der Waals surface area contributed by atoms with E-state index in [4.69, 9.17) is 16.3 Å². The van der Waals surface area contributed by atoms with Crippen molar-refractivity contribution in [2.24, 2.45) is 0 Å². The van der Waals surface area contributed by atoms with Gasteiger partial charge in [-0.3, -0.25) is 9.69 Å². The van der Waals surface area contributed by atoms with Gasteiger partial charge in [0.25, 0.3) is 0 Å². The van der Waals surface area contributed by atoms with Crippen molar-refractivity contribution in [1.82, 2.24) is 14.7 Å². The molecule has 0 atom stereocenters. The molecule has 1 amide bonds. The molecular formula is C26H37ClN4O2. The first-order valence-electron chi connectivity index (χ1n) is 11.8. The zero-order chi connectivity index (χ0) is 23.6. The van der Waals surface area contributed by atoms with Crippen molar-refractivity contribution in [3.8, 4) is 5.75 Å². The van der Waals surface area contributed by atoms with Gasteiger partial charge in [-0.2, -0.15) is 0 Å². The number of anilines is 2. The molecule has 2 aromatic carbocycles. The monoisotopic (exact) mass is 472 g/mol. The Morgan fingerprint density at radius 1 is 0.848 bits per heavy atom. The molecule has 0 spiro atoms. The van der Waals surface area contributed by atoms with Crippen molar-refractivity contribution < 1.29 is 9.53 Å². The minimum Gasteiger partial charge on any atom is -0.494 e. The molecule has 0 aromatic heterocycles. The first kappa shape index (κ1) is 25.3. The molecule has 0 unspecified atom stereocenters. The summed E-state index contributed by atoms with van der Waals surface area (Å²) in [7, 11) is 5.68. The number of ether oxygens (including phenoxy) is 1. The second-order valence-corrected chi connectivity index (χ2v) is 9.28. The van der Waals surface area contributed by atoms with E-state index in [2.05, 4.69) is 26.8 Å². The van der Waals surface area contributed by atoms with E-state index in [1.807, 2.05) is 57.5 Å². The lowest BCUT2D eigenvalue weighted by atomic mass is 10.2. The predicted molar refractivity (Wildman–Crippen MR) is 137 cm³/mol. The summed E-state index contributed by atoms with van der Waals surface area (Å²) in [5, 5.41) is 0.742. The van der Waals surface area contributed by atoms with Gasteiger partial charge >= 0.3 is 0 Å². The van der Waals surface area contributed by atoms with Gasteiger partial charge in [0.15, 0.2) is 0 Å². The lowest BCUT2D eigenvalue weighted by Gasteiger charge is -2.34. The van der Waals surface area contributed by atoms with Crippen LogP contribution in [0.25, 0.3) is 0 Å². The highest BCUT2D eigenvalue weighted by Gasteiger charge is 2.19. The number of nitrogens with zero attached hydrogens (tertiary/aromatic N) is 4. The van der Waals surface area contributed by atoms with Crippen LogP contribution in [0.3, 0.4) is 0 Å². The zero-order valence-corrected chi connectivity index (χ0v) is 20.9. The summed E-state index contributed by atoms with van der Waals surface area (Å²) in [6.45, 7) is 6.46. The lowest BCUT2D eigenvalue weighted by molar-refractivity contribution is -0.130. The molecule has 0 N–H and O–H groups in total. The molecule has 0 radical (unpaired) electrons. The highest BCUT2D eigenvalue weighted by Crippen LogP contribution is 2.26. The fourth-order valence-corrected chi connectivity index (χ4v) is 4.01. The first-order chi connectivity index (χ1) is 15.9. The summed E-state index contributed by atoms with van der Waals surface area (Å²) < 4.78 is 5.93. The van der Waals surface area contributed by atoms with Crippen LogP contribution in [0.5, 0.6) is 5.75 Å². The third kappa shape index (κ3) is 8.22. The number of amides is 1. The Hall–Kier alpha value is -2.28. The highest BCUT2D eigenvalue weighted by molar-refractivity contribution is 6.30. The number of rotatable bonds is 11. The van der Waals surface area contributed by atoms with Crippen LogP contribution >= 0.6 is 11.6 Å². The largest absolute Gasteiger partial charge is 0.494 e. The maximum atomic E-state index is 11.8. The van der Waals surface area contributed by atoms with Crippen LogP contribution in [0.15, 0.2) is 48.5 Å². The SMILES string of the molecule is CN(C)C(=O)CN1CCN(CCCCCOc2ccc(N(C)c3ccc(Cl)cc3)cc2)CC1. The zero-order valence-electron chi connectivity index (χ0n) is 20.2. The maximum Gasteiger partial charge on any atom is 0.236 e. The Bertz CT molecular complexity index is 850. The van der Waals surface area contributed by atoms with Gasteiger partial charge in [-0.25, -0.2) is 0 Å². The first-order valence-corrected chi connectivity index (χ1v) is 12.2. The van der Waals surface area contributed by atoms with E-state index in [9.17, 15) is 4.79 Å². The van der Waals surface area contributed by atoms with Crippen molar-refractivity contribution >= 4 is 28.9 Å². The summed E-state index contributed by atoms with van der Waals surface area (Å²) in [6, 6.07) is 16.0. The van der Waals surface area contributed by atoms with Crippen molar-refractivity contribution in [2.45, 2.75) is 19.3 Å². The normalized spacial score (nSPS) is 14.8. The molecular weight excluding hydrogens is 436 g/mol. The van der Waals surface area contributed by atoms with Crippen LogP contribution in [0.4, 0.5) is 11.4 Å². The summed E-state index contributed by atoms with van der Waals surface area (Å²) in [6.07, 6.45) is 3.41. The molecule has 1 saturated heterocycles. The molecule has 0 saturated carbocycles. The third-order valence-electron chi connectivity index (χ3n) is 6.15. The number of likely N-dealkylation sites (N-methyl/N-ethyl adjacent to an activating group) is 1. The Balaban J connectivity index is 1.27. The molecule has 0 aliphatic carbocycles. The van der Waals surface area contributed by atoms with Crippen LogP contribution in [0.1, 0.15) is 19.3 Å². The average Bonchev–Trinajstić information content (AvgIpc) is 2.82. The second-order valence-electron chi connectivity index (χ2n) is 8.84. The van der Waals surface area contributed by atoms with Gasteiger partial charge in [-0.1, -0.05) is 11.6 Å². The number of hydrogen-bond donors (Lipinski definition) is 0. The molecule has 0 bridgehead atoms. The minimum atomic E-state index is 0.187. The molecule has 1 fully saturated rings. The number of piperazine rings is 1. The number of carbonyl (C=O) groups is 1. The Kier molecular flexibility index (Phi) is 9.85. The van der Waals surface area contributed by atoms with Gasteiger partial charge in [-0.05, 0) is 74.3 Å². The smallest absolute Gasteiger partial charge is 0.236 e. The predicted octanol–water partition coefficient (Wildman–Crippen LogP) is 4.36. The molecule has 1 aliphatic rings. The summed E-state index contributed by atoms with van der Waals surface area (Å²) in [5.74, 6) is 1.10. The number of carbonyl (C=O) groups excluding carboxylic acids is 1. The fraction of sp³-hybridized carbons (Fsp3) is 0.500. The van der Waals surface area contributed by atoms with E-state index in [0.717, 1.165) is 74.3 Å². The van der Waals surface area contributed by atoms with E-state index in [-0.39, 0.29) is 5.91 Å². The Morgan fingerprint density at radius 2 is 1.42 bits per heavy atom. The maximum absolute atomic E-state index is 11.8. The van der Waals surface area contributed by atoms with Crippen molar-refractivity contribution in [3.05, 3.63) is 53.6 Å². The van der Waals surface area contributed by atoms with Crippen molar-refractivity contribution in [3.63, 3.8) is 0 Å². The third-order valence-corrected chi connectivity index (χ3v) is 6.40. The topological polar surface area (TPSA) is 39.3 Å². The van der Waals surface area contributed by atoms with Crippen LogP contribution in [-0.4, -0.2) is 87.6 Å². The van der Waals surface area contributed by atoms with Crippen LogP contribution in [0.2, 0.25) is 5.02 Å². The van der Waals surface area contributed by atoms with Gasteiger partial charge in [-0.15, -0.1) is 0 Å². The van der Waals surface area contributed by atoms with Crippen LogP contribution in [0, 0.1) is 0 Å². The molecule has 2 aromatic rings.